The molecule has 1 aliphatic carbocycles. The molecule has 1 aliphatic rings. The summed E-state index contributed by atoms with van der Waals surface area (Å²) in [5, 5.41) is 16.6. The van der Waals surface area contributed by atoms with Gasteiger partial charge in [0.1, 0.15) is 16.8 Å². The lowest BCUT2D eigenvalue weighted by molar-refractivity contribution is 0.0951. The molecular weight excluding hydrogens is 461 g/mol. The van der Waals surface area contributed by atoms with Crippen molar-refractivity contribution in [3.05, 3.63) is 62.1 Å². The Kier molecular flexibility index (Phi) is 6.11. The van der Waals surface area contributed by atoms with Crippen molar-refractivity contribution in [1.29, 1.82) is 5.26 Å². The van der Waals surface area contributed by atoms with Crippen LogP contribution in [0.25, 0.3) is 11.3 Å². The Hall–Kier alpha value is -2.37. The van der Waals surface area contributed by atoms with Gasteiger partial charge in [-0.05, 0) is 67.7 Å². The number of halogens is 2. The molecule has 9 heteroatoms. The highest BCUT2D eigenvalue weighted by Crippen LogP contribution is 2.37. The molecule has 2 heterocycles. The lowest BCUT2D eigenvalue weighted by Gasteiger charge is -2.09. The Bertz CT molecular complexity index is 1190. The normalized spacial score (nSPS) is 12.7. The van der Waals surface area contributed by atoms with Gasteiger partial charge in [-0.25, -0.2) is 0 Å². The zero-order valence-electron chi connectivity index (χ0n) is 15.6. The minimum atomic E-state index is -0.503. The first kappa shape index (κ1) is 20.9. The molecule has 30 heavy (non-hydrogen) atoms. The van der Waals surface area contributed by atoms with Crippen LogP contribution >= 0.6 is 46.8 Å². The van der Waals surface area contributed by atoms with Crippen molar-refractivity contribution in [2.75, 3.05) is 5.32 Å². The summed E-state index contributed by atoms with van der Waals surface area (Å²) in [4.78, 5) is 13.7. The van der Waals surface area contributed by atoms with Gasteiger partial charge in [0.05, 0.1) is 15.6 Å². The third-order valence-electron chi connectivity index (χ3n) is 4.78. The van der Waals surface area contributed by atoms with E-state index in [1.165, 1.54) is 22.3 Å². The van der Waals surface area contributed by atoms with Crippen molar-refractivity contribution in [2.24, 2.45) is 0 Å². The fraction of sp³-hybridized carbons (Fsp3) is 0.190. The van der Waals surface area contributed by atoms with Crippen LogP contribution in [0, 0.1) is 11.3 Å². The van der Waals surface area contributed by atoms with Crippen LogP contribution in [0.2, 0.25) is 10.0 Å². The number of nitriles is 1. The number of carbonyl (C=O) groups excluding carboxylic acids is 1. The molecule has 0 spiro atoms. The number of nitrogens with one attached hydrogen (secondary N) is 2. The van der Waals surface area contributed by atoms with Gasteiger partial charge in [-0.1, -0.05) is 29.3 Å². The maximum absolute atomic E-state index is 12.5. The van der Waals surface area contributed by atoms with Crippen LogP contribution in [-0.4, -0.2) is 11.0 Å². The number of nitrogens with zero attached hydrogens (tertiary/aromatic N) is 1. The maximum atomic E-state index is 12.5. The molecule has 3 aromatic rings. The fourth-order valence-corrected chi connectivity index (χ4v) is 5.27. The third-order valence-corrected chi connectivity index (χ3v) is 7.01. The monoisotopic (exact) mass is 475 g/mol. The summed E-state index contributed by atoms with van der Waals surface area (Å²) in [5.74, 6) is -0.00266. The van der Waals surface area contributed by atoms with Crippen LogP contribution in [0.1, 0.15) is 39.4 Å². The van der Waals surface area contributed by atoms with E-state index in [-0.39, 0.29) is 10.9 Å². The summed E-state index contributed by atoms with van der Waals surface area (Å²) in [7, 11) is 0. The van der Waals surface area contributed by atoms with Gasteiger partial charge >= 0.3 is 0 Å². The van der Waals surface area contributed by atoms with E-state index < -0.39 is 5.91 Å². The second-order valence-electron chi connectivity index (χ2n) is 6.70. The summed E-state index contributed by atoms with van der Waals surface area (Å²) in [5.41, 5.74) is 2.30. The van der Waals surface area contributed by atoms with Gasteiger partial charge in [0.2, 0.25) is 0 Å². The minimum absolute atomic E-state index is 0.0798. The fourth-order valence-electron chi connectivity index (χ4n) is 3.37. The van der Waals surface area contributed by atoms with Crippen molar-refractivity contribution < 1.29 is 9.21 Å². The molecule has 0 bridgehead atoms. The average Bonchev–Trinajstić information content (AvgIpc) is 3.34. The van der Waals surface area contributed by atoms with Crippen LogP contribution in [-0.2, 0) is 12.8 Å². The molecule has 2 N–H and O–H groups in total. The molecule has 152 valence electrons. The lowest BCUT2D eigenvalue weighted by Crippen LogP contribution is -2.33. The standard InChI is InChI=1S/C21H15Cl2N3O2S2/c22-14-6-3-5-12(18(14)23)15-8-9-16(28-15)19(27)25-21(29)26-20-13(10-24)11-4-1-2-7-17(11)30-20/h3,5-6,8-9H,1-2,4,7H2,(H2,25,26,27,29). The molecule has 1 aromatic carbocycles. The molecular formula is C21H15Cl2N3O2S2. The molecule has 0 fully saturated rings. The van der Waals surface area contributed by atoms with Crippen LogP contribution < -0.4 is 10.6 Å². The Balaban J connectivity index is 1.47. The Morgan fingerprint density at radius 1 is 1.20 bits per heavy atom. The maximum Gasteiger partial charge on any atom is 0.293 e. The number of rotatable bonds is 3. The second-order valence-corrected chi connectivity index (χ2v) is 9.00. The molecule has 0 unspecified atom stereocenters. The van der Waals surface area contributed by atoms with E-state index in [1.54, 1.807) is 24.3 Å². The number of thiocarbonyl (C=S) groups is 1. The smallest absolute Gasteiger partial charge is 0.293 e. The van der Waals surface area contributed by atoms with Gasteiger partial charge in [-0.3, -0.25) is 10.1 Å². The molecule has 4 rings (SSSR count). The molecule has 5 nitrogen and oxygen atoms in total. The second kappa shape index (κ2) is 8.78. The van der Waals surface area contributed by atoms with E-state index >= 15 is 0 Å². The van der Waals surface area contributed by atoms with Gasteiger partial charge in [0, 0.05) is 10.4 Å². The number of hydrogen-bond acceptors (Lipinski definition) is 5. The van der Waals surface area contributed by atoms with Crippen molar-refractivity contribution in [1.82, 2.24) is 5.32 Å². The number of amides is 1. The first-order valence-corrected chi connectivity index (χ1v) is 11.2. The molecule has 2 aromatic heterocycles. The highest BCUT2D eigenvalue weighted by molar-refractivity contribution is 7.80. The molecule has 0 aliphatic heterocycles. The summed E-state index contributed by atoms with van der Waals surface area (Å²) in [6, 6.07) is 10.6. The molecule has 0 saturated carbocycles. The number of anilines is 1. The topological polar surface area (TPSA) is 78.1 Å². The van der Waals surface area contributed by atoms with Gasteiger partial charge in [0.15, 0.2) is 10.9 Å². The van der Waals surface area contributed by atoms with Gasteiger partial charge in [-0.2, -0.15) is 5.26 Å². The van der Waals surface area contributed by atoms with E-state index in [9.17, 15) is 10.1 Å². The number of furan rings is 1. The van der Waals surface area contributed by atoms with Gasteiger partial charge < -0.3 is 9.73 Å². The Labute approximate surface area is 192 Å². The molecule has 0 radical (unpaired) electrons. The predicted molar refractivity (Wildman–Crippen MR) is 124 cm³/mol. The van der Waals surface area contributed by atoms with E-state index in [0.717, 1.165) is 31.2 Å². The van der Waals surface area contributed by atoms with Crippen molar-refractivity contribution in [3.63, 3.8) is 0 Å². The highest BCUT2D eigenvalue weighted by atomic mass is 35.5. The number of aryl methyl sites for hydroxylation is 1. The minimum Gasteiger partial charge on any atom is -0.451 e. The van der Waals surface area contributed by atoms with Crippen LogP contribution in [0.5, 0.6) is 0 Å². The molecule has 1 amide bonds. The van der Waals surface area contributed by atoms with Gasteiger partial charge in [0.25, 0.3) is 5.91 Å². The third kappa shape index (κ3) is 4.09. The van der Waals surface area contributed by atoms with E-state index in [4.69, 9.17) is 39.8 Å². The summed E-state index contributed by atoms with van der Waals surface area (Å²) in [6.07, 6.45) is 4.07. The van der Waals surface area contributed by atoms with E-state index in [2.05, 4.69) is 16.7 Å². The van der Waals surface area contributed by atoms with E-state index in [1.807, 2.05) is 0 Å². The lowest BCUT2D eigenvalue weighted by atomic mass is 9.96. The Morgan fingerprint density at radius 2 is 2.00 bits per heavy atom. The van der Waals surface area contributed by atoms with Crippen LogP contribution in [0.4, 0.5) is 5.00 Å². The number of benzene rings is 1. The number of fused-ring (bicyclic) bond motifs is 1. The average molecular weight is 476 g/mol. The number of hydrogen-bond donors (Lipinski definition) is 2. The summed E-state index contributed by atoms with van der Waals surface area (Å²) in [6.45, 7) is 0. The largest absolute Gasteiger partial charge is 0.451 e. The highest BCUT2D eigenvalue weighted by Gasteiger charge is 2.22. The van der Waals surface area contributed by atoms with E-state index in [0.29, 0.717) is 31.9 Å². The quantitative estimate of drug-likeness (QED) is 0.441. The zero-order valence-corrected chi connectivity index (χ0v) is 18.7. The first-order valence-electron chi connectivity index (χ1n) is 9.19. The van der Waals surface area contributed by atoms with Gasteiger partial charge in [-0.15, -0.1) is 11.3 Å². The first-order chi connectivity index (χ1) is 14.5. The van der Waals surface area contributed by atoms with Crippen molar-refractivity contribution in [2.45, 2.75) is 25.7 Å². The van der Waals surface area contributed by atoms with Crippen molar-refractivity contribution in [3.8, 4) is 17.4 Å². The molecule has 0 atom stereocenters. The number of carbonyl (C=O) groups is 1. The SMILES string of the molecule is N#Cc1c(NC(=S)NC(=O)c2ccc(-c3cccc(Cl)c3Cl)o2)sc2c1CCCC2. The van der Waals surface area contributed by atoms with Crippen LogP contribution in [0.15, 0.2) is 34.7 Å². The Morgan fingerprint density at radius 3 is 2.80 bits per heavy atom. The summed E-state index contributed by atoms with van der Waals surface area (Å²) >= 11 is 19.0. The predicted octanol–water partition coefficient (Wildman–Crippen LogP) is 6.19. The zero-order chi connectivity index (χ0) is 21.3. The summed E-state index contributed by atoms with van der Waals surface area (Å²) < 4.78 is 5.64. The van der Waals surface area contributed by atoms with Crippen molar-refractivity contribution >= 4 is 62.8 Å². The van der Waals surface area contributed by atoms with Crippen LogP contribution in [0.3, 0.4) is 0 Å². The number of thiophene rings is 1. The molecule has 0 saturated heterocycles.